The molecule has 0 fully saturated rings. The number of nitrogens with zero attached hydrogens (tertiary/aromatic N) is 4. The Morgan fingerprint density at radius 1 is 1.10 bits per heavy atom. The molecule has 0 amide bonds. The third-order valence-corrected chi connectivity index (χ3v) is 4.79. The minimum Gasteiger partial charge on any atom is -0.462 e. The van der Waals surface area contributed by atoms with Gasteiger partial charge in [0.25, 0.3) is 6.01 Å². The van der Waals surface area contributed by atoms with E-state index in [1.807, 2.05) is 45.7 Å². The van der Waals surface area contributed by atoms with Crippen molar-refractivity contribution in [3.63, 3.8) is 0 Å². The Morgan fingerprint density at radius 3 is 2.34 bits per heavy atom. The first-order valence-electron chi connectivity index (χ1n) is 10.6. The van der Waals surface area contributed by atoms with Crippen molar-refractivity contribution in [2.24, 2.45) is 0 Å². The summed E-state index contributed by atoms with van der Waals surface area (Å²) < 4.78 is 8.19. The van der Waals surface area contributed by atoms with Crippen LogP contribution in [0, 0.1) is 0 Å². The number of imidazole rings is 1. The smallest absolute Gasteiger partial charge is 0.299 e. The molecular formula is C24H36N4O. The molecule has 1 aromatic carbocycles. The van der Waals surface area contributed by atoms with Crippen molar-refractivity contribution in [3.8, 4) is 6.01 Å². The molecule has 0 aliphatic carbocycles. The number of aromatic nitrogens is 2. The van der Waals surface area contributed by atoms with Crippen LogP contribution in [-0.2, 0) is 6.54 Å². The van der Waals surface area contributed by atoms with E-state index in [0.717, 1.165) is 42.4 Å². The lowest BCUT2D eigenvalue weighted by atomic mass is 10.1. The Hall–Kier alpha value is -2.69. The SMILES string of the molecule is C=C1c2c(nc(OC(C)C)n2Cc2ccccc2)N(C)C(=C)N1CCCC.CC. The highest BCUT2D eigenvalue weighted by atomic mass is 16.5. The van der Waals surface area contributed by atoms with E-state index in [-0.39, 0.29) is 6.10 Å². The summed E-state index contributed by atoms with van der Waals surface area (Å²) in [5.74, 6) is 1.76. The summed E-state index contributed by atoms with van der Waals surface area (Å²) in [6, 6.07) is 11.0. The van der Waals surface area contributed by atoms with Gasteiger partial charge in [-0.15, -0.1) is 0 Å². The maximum Gasteiger partial charge on any atom is 0.299 e. The summed E-state index contributed by atoms with van der Waals surface area (Å²) >= 11 is 0. The molecule has 1 aliphatic heterocycles. The molecular weight excluding hydrogens is 360 g/mol. The molecule has 0 spiro atoms. The number of hydrogen-bond donors (Lipinski definition) is 0. The van der Waals surface area contributed by atoms with Gasteiger partial charge in [0.2, 0.25) is 0 Å². The normalized spacial score (nSPS) is 13.3. The molecule has 2 heterocycles. The molecule has 5 heteroatoms. The van der Waals surface area contributed by atoms with E-state index in [4.69, 9.17) is 9.72 Å². The van der Waals surface area contributed by atoms with Gasteiger partial charge in [0.05, 0.1) is 18.3 Å². The van der Waals surface area contributed by atoms with Gasteiger partial charge in [-0.25, -0.2) is 0 Å². The van der Waals surface area contributed by atoms with Gasteiger partial charge in [-0.3, -0.25) is 4.57 Å². The number of fused-ring (bicyclic) bond motifs is 1. The third kappa shape index (κ3) is 4.84. The van der Waals surface area contributed by atoms with Crippen molar-refractivity contribution in [3.05, 3.63) is 60.6 Å². The molecule has 0 saturated heterocycles. The van der Waals surface area contributed by atoms with E-state index in [1.165, 1.54) is 5.56 Å². The van der Waals surface area contributed by atoms with Crippen LogP contribution < -0.4 is 9.64 Å². The van der Waals surface area contributed by atoms with Gasteiger partial charge in [0.15, 0.2) is 5.82 Å². The summed E-state index contributed by atoms with van der Waals surface area (Å²) in [6.45, 7) is 20.5. The zero-order valence-corrected chi connectivity index (χ0v) is 18.9. The first kappa shape index (κ1) is 22.6. The number of hydrogen-bond acceptors (Lipinski definition) is 4. The van der Waals surface area contributed by atoms with Gasteiger partial charge in [-0.05, 0) is 25.8 Å². The van der Waals surface area contributed by atoms with E-state index in [2.05, 4.69) is 53.8 Å². The fraction of sp³-hybridized carbons (Fsp3) is 0.458. The Bertz CT molecular complexity index is 823. The average molecular weight is 397 g/mol. The highest BCUT2D eigenvalue weighted by molar-refractivity contribution is 5.77. The van der Waals surface area contributed by atoms with Crippen molar-refractivity contribution >= 4 is 11.5 Å². The minimum atomic E-state index is 0.0429. The monoisotopic (exact) mass is 396 g/mol. The van der Waals surface area contributed by atoms with Crippen molar-refractivity contribution in [1.29, 1.82) is 0 Å². The van der Waals surface area contributed by atoms with Crippen LogP contribution in [0.15, 0.2) is 49.3 Å². The Kier molecular flexibility index (Phi) is 7.94. The maximum absolute atomic E-state index is 6.05. The lowest BCUT2D eigenvalue weighted by molar-refractivity contribution is 0.213. The predicted octanol–water partition coefficient (Wildman–Crippen LogP) is 5.74. The zero-order valence-electron chi connectivity index (χ0n) is 18.9. The summed E-state index contributed by atoms with van der Waals surface area (Å²) in [5, 5.41) is 0. The second-order valence-electron chi connectivity index (χ2n) is 7.23. The second kappa shape index (κ2) is 10.2. The van der Waals surface area contributed by atoms with Gasteiger partial charge in [0.1, 0.15) is 11.5 Å². The summed E-state index contributed by atoms with van der Waals surface area (Å²) in [4.78, 5) is 9.03. The molecule has 29 heavy (non-hydrogen) atoms. The number of ether oxygens (including phenoxy) is 1. The zero-order chi connectivity index (χ0) is 21.6. The van der Waals surface area contributed by atoms with Crippen molar-refractivity contribution in [2.45, 2.75) is 60.1 Å². The van der Waals surface area contributed by atoms with Crippen LogP contribution in [0.25, 0.3) is 5.70 Å². The van der Waals surface area contributed by atoms with E-state index in [9.17, 15) is 0 Å². The minimum absolute atomic E-state index is 0.0429. The van der Waals surface area contributed by atoms with Crippen molar-refractivity contribution in [1.82, 2.24) is 14.5 Å². The second-order valence-corrected chi connectivity index (χ2v) is 7.23. The molecule has 0 unspecified atom stereocenters. The largest absolute Gasteiger partial charge is 0.462 e. The fourth-order valence-corrected chi connectivity index (χ4v) is 3.32. The van der Waals surface area contributed by atoms with E-state index in [0.29, 0.717) is 12.6 Å². The number of unbranched alkanes of at least 4 members (excludes halogenated alkanes) is 1. The lowest BCUT2D eigenvalue weighted by Crippen LogP contribution is -2.37. The van der Waals surface area contributed by atoms with Crippen molar-refractivity contribution < 1.29 is 4.74 Å². The highest BCUT2D eigenvalue weighted by Crippen LogP contribution is 2.40. The molecule has 1 aromatic heterocycles. The van der Waals surface area contributed by atoms with Gasteiger partial charge in [-0.2, -0.15) is 4.98 Å². The summed E-state index contributed by atoms with van der Waals surface area (Å²) in [7, 11) is 2.01. The van der Waals surface area contributed by atoms with Gasteiger partial charge < -0.3 is 14.5 Å². The van der Waals surface area contributed by atoms with Crippen LogP contribution in [0.1, 0.15) is 58.7 Å². The molecule has 158 valence electrons. The number of rotatable bonds is 7. The summed E-state index contributed by atoms with van der Waals surface area (Å²) in [5.41, 5.74) is 3.13. The first-order valence-corrected chi connectivity index (χ1v) is 10.6. The Morgan fingerprint density at radius 2 is 1.76 bits per heavy atom. The standard InChI is InChI=1S/C22H30N4O.C2H6/c1-7-8-14-25-17(4)20-21(24(6)18(25)5)23-22(27-16(2)3)26(20)15-19-12-10-9-11-13-19;1-2/h9-13,16H,4-5,7-8,14-15H2,1-3,6H3;1-2H3. The third-order valence-electron chi connectivity index (χ3n) is 4.79. The van der Waals surface area contributed by atoms with Crippen LogP contribution in [0.4, 0.5) is 5.82 Å². The molecule has 2 aromatic rings. The first-order chi connectivity index (χ1) is 13.9. The van der Waals surface area contributed by atoms with E-state index in [1.54, 1.807) is 0 Å². The average Bonchev–Trinajstić information content (AvgIpc) is 3.06. The van der Waals surface area contributed by atoms with Crippen LogP contribution in [-0.4, -0.2) is 34.1 Å². The molecule has 0 atom stereocenters. The maximum atomic E-state index is 6.05. The quantitative estimate of drug-likeness (QED) is 0.598. The number of benzene rings is 1. The molecule has 5 nitrogen and oxygen atoms in total. The number of anilines is 1. The van der Waals surface area contributed by atoms with Crippen molar-refractivity contribution in [2.75, 3.05) is 18.5 Å². The topological polar surface area (TPSA) is 33.5 Å². The van der Waals surface area contributed by atoms with E-state index >= 15 is 0 Å². The fourth-order valence-electron chi connectivity index (χ4n) is 3.32. The summed E-state index contributed by atoms with van der Waals surface area (Å²) in [6.07, 6.45) is 2.25. The van der Waals surface area contributed by atoms with Crippen LogP contribution in [0.5, 0.6) is 6.01 Å². The molecule has 0 radical (unpaired) electrons. The molecule has 0 N–H and O–H groups in total. The predicted molar refractivity (Wildman–Crippen MR) is 123 cm³/mol. The van der Waals surface area contributed by atoms with Gasteiger partial charge in [0, 0.05) is 13.6 Å². The van der Waals surface area contributed by atoms with E-state index < -0.39 is 0 Å². The lowest BCUT2D eigenvalue weighted by Gasteiger charge is -2.38. The van der Waals surface area contributed by atoms with Crippen LogP contribution >= 0.6 is 0 Å². The molecule has 3 rings (SSSR count). The van der Waals surface area contributed by atoms with Crippen LogP contribution in [0.3, 0.4) is 0 Å². The van der Waals surface area contributed by atoms with Crippen LogP contribution in [0.2, 0.25) is 0 Å². The molecule has 1 aliphatic rings. The Labute approximate surface area is 176 Å². The highest BCUT2D eigenvalue weighted by Gasteiger charge is 2.33. The Balaban J connectivity index is 0.00000145. The van der Waals surface area contributed by atoms with Gasteiger partial charge >= 0.3 is 0 Å². The molecule has 0 saturated carbocycles. The van der Waals surface area contributed by atoms with Gasteiger partial charge in [-0.1, -0.05) is 70.7 Å². The molecule has 0 bridgehead atoms.